The SMILES string of the molecule is Cc1c(Oc2ccc(NC(=O)c3cn(CC4=CSC(C)N4)c(=O)n(-c4ccc(F)cc4)c3=O)cc2F)ccnc1N. The number of hydrogen-bond donors (Lipinski definition) is 3. The number of nitrogens with one attached hydrogen (secondary N) is 2. The van der Waals surface area contributed by atoms with E-state index in [0.717, 1.165) is 29.0 Å². The Bertz CT molecular complexity index is 1800. The van der Waals surface area contributed by atoms with Crippen molar-refractivity contribution in [1.82, 2.24) is 19.4 Å². The maximum Gasteiger partial charge on any atom is 0.336 e. The van der Waals surface area contributed by atoms with E-state index in [1.807, 2.05) is 12.3 Å². The molecule has 41 heavy (non-hydrogen) atoms. The zero-order valence-corrected chi connectivity index (χ0v) is 22.7. The Morgan fingerprint density at radius 1 is 1.15 bits per heavy atom. The highest BCUT2D eigenvalue weighted by Crippen LogP contribution is 2.30. The number of nitrogens with zero attached hydrogens (tertiary/aromatic N) is 3. The highest BCUT2D eigenvalue weighted by molar-refractivity contribution is 8.02. The van der Waals surface area contributed by atoms with Crippen LogP contribution in [0.15, 0.2) is 81.6 Å². The minimum Gasteiger partial charge on any atom is -0.454 e. The van der Waals surface area contributed by atoms with Crippen molar-refractivity contribution in [1.29, 1.82) is 0 Å². The molecule has 0 saturated heterocycles. The Labute approximate surface area is 236 Å². The van der Waals surface area contributed by atoms with Crippen LogP contribution in [-0.2, 0) is 6.54 Å². The summed E-state index contributed by atoms with van der Waals surface area (Å²) in [7, 11) is 0. The molecule has 1 aliphatic rings. The Kier molecular flexibility index (Phi) is 7.62. The number of benzene rings is 2. The summed E-state index contributed by atoms with van der Waals surface area (Å²) in [5.41, 5.74) is 5.14. The van der Waals surface area contributed by atoms with Crippen LogP contribution in [0.1, 0.15) is 22.8 Å². The maximum absolute atomic E-state index is 14.9. The topological polar surface area (TPSA) is 133 Å². The molecule has 1 amide bonds. The maximum atomic E-state index is 14.9. The lowest BCUT2D eigenvalue weighted by molar-refractivity contribution is 0.102. The standard InChI is InChI=1S/C28H24F2N6O4S/c1-15-23(9-10-32-25(15)31)40-24-8-5-18(11-22(24)30)34-26(37)21-13-35(12-19-14-41-16(2)33-19)28(39)36(27(21)38)20-6-3-17(29)4-7-20/h3-11,13-14,16,33H,12H2,1-2H3,(H2,31,32)(H,34,37). The molecule has 10 nitrogen and oxygen atoms in total. The van der Waals surface area contributed by atoms with Gasteiger partial charge in [0.1, 0.15) is 22.9 Å². The van der Waals surface area contributed by atoms with Gasteiger partial charge in [-0.15, -0.1) is 11.8 Å². The van der Waals surface area contributed by atoms with Crippen molar-refractivity contribution >= 4 is 29.2 Å². The van der Waals surface area contributed by atoms with Crippen molar-refractivity contribution in [3.8, 4) is 17.2 Å². The molecule has 13 heteroatoms. The van der Waals surface area contributed by atoms with Crippen LogP contribution >= 0.6 is 11.8 Å². The van der Waals surface area contributed by atoms with Crippen molar-refractivity contribution in [2.75, 3.05) is 11.1 Å². The summed E-state index contributed by atoms with van der Waals surface area (Å²) in [5, 5.41) is 7.63. The summed E-state index contributed by atoms with van der Waals surface area (Å²) in [4.78, 5) is 43.9. The first-order valence-electron chi connectivity index (χ1n) is 12.3. The lowest BCUT2D eigenvalue weighted by Crippen LogP contribution is -2.43. The molecule has 4 N–H and O–H groups in total. The second-order valence-corrected chi connectivity index (χ2v) is 10.4. The van der Waals surface area contributed by atoms with E-state index in [4.69, 9.17) is 10.5 Å². The molecule has 0 bridgehead atoms. The molecule has 0 fully saturated rings. The van der Waals surface area contributed by atoms with E-state index in [0.29, 0.717) is 17.0 Å². The van der Waals surface area contributed by atoms with Crippen LogP contribution in [-0.4, -0.2) is 25.4 Å². The molecule has 1 unspecified atom stereocenters. The molecule has 4 aromatic rings. The second kappa shape index (κ2) is 11.3. The molecule has 210 valence electrons. The van der Waals surface area contributed by atoms with Crippen LogP contribution in [0.2, 0.25) is 0 Å². The summed E-state index contributed by atoms with van der Waals surface area (Å²) in [6.45, 7) is 3.68. The van der Waals surface area contributed by atoms with Gasteiger partial charge in [-0.3, -0.25) is 14.2 Å². The molecule has 2 aromatic carbocycles. The molecule has 1 aliphatic heterocycles. The molecule has 1 atom stereocenters. The van der Waals surface area contributed by atoms with Gasteiger partial charge in [-0.25, -0.2) is 23.1 Å². The van der Waals surface area contributed by atoms with Gasteiger partial charge < -0.3 is 21.1 Å². The Balaban J connectivity index is 1.47. The number of thioether (sulfide) groups is 1. The third kappa shape index (κ3) is 5.84. The van der Waals surface area contributed by atoms with Crippen LogP contribution in [0.4, 0.5) is 20.3 Å². The van der Waals surface area contributed by atoms with E-state index in [2.05, 4.69) is 15.6 Å². The van der Waals surface area contributed by atoms with Crippen molar-refractivity contribution in [3.05, 3.63) is 116 Å². The number of allylic oxidation sites excluding steroid dienone is 1. The fourth-order valence-corrected chi connectivity index (χ4v) is 4.82. The second-order valence-electron chi connectivity index (χ2n) is 9.16. The number of hydrogen-bond acceptors (Lipinski definition) is 8. The number of nitrogens with two attached hydrogens (primary N) is 1. The van der Waals surface area contributed by atoms with E-state index < -0.39 is 28.8 Å². The third-order valence-electron chi connectivity index (χ3n) is 6.23. The predicted octanol–water partition coefficient (Wildman–Crippen LogP) is 4.13. The smallest absolute Gasteiger partial charge is 0.336 e. The number of anilines is 2. The fourth-order valence-electron chi connectivity index (χ4n) is 4.09. The zero-order chi connectivity index (χ0) is 29.3. The lowest BCUT2D eigenvalue weighted by atomic mass is 10.2. The molecule has 3 heterocycles. The van der Waals surface area contributed by atoms with E-state index in [1.165, 1.54) is 46.8 Å². The number of carbonyl (C=O) groups is 1. The number of aromatic nitrogens is 3. The monoisotopic (exact) mass is 578 g/mol. The Morgan fingerprint density at radius 3 is 2.59 bits per heavy atom. The number of amides is 1. The average molecular weight is 579 g/mol. The molecular formula is C28H24F2N6O4S. The largest absolute Gasteiger partial charge is 0.454 e. The minimum atomic E-state index is -0.919. The van der Waals surface area contributed by atoms with Crippen molar-refractivity contribution in [2.24, 2.45) is 0 Å². The number of ether oxygens (including phenoxy) is 1. The summed E-state index contributed by atoms with van der Waals surface area (Å²) < 4.78 is 36.1. The summed E-state index contributed by atoms with van der Waals surface area (Å²) in [6, 6.07) is 10.0. The van der Waals surface area contributed by atoms with Gasteiger partial charge in [-0.1, -0.05) is 0 Å². The lowest BCUT2D eigenvalue weighted by Gasteiger charge is -2.15. The Hall–Kier alpha value is -4.91. The predicted molar refractivity (Wildman–Crippen MR) is 152 cm³/mol. The van der Waals surface area contributed by atoms with Crippen LogP contribution in [0.25, 0.3) is 5.69 Å². The molecule has 0 radical (unpaired) electrons. The van der Waals surface area contributed by atoms with Crippen LogP contribution in [0.5, 0.6) is 11.5 Å². The van der Waals surface area contributed by atoms with Crippen LogP contribution in [0.3, 0.4) is 0 Å². The van der Waals surface area contributed by atoms with Gasteiger partial charge in [0.05, 0.1) is 17.6 Å². The fraction of sp³-hybridized carbons (Fsp3) is 0.143. The third-order valence-corrected chi connectivity index (χ3v) is 7.18. The molecule has 5 rings (SSSR count). The van der Waals surface area contributed by atoms with Gasteiger partial charge in [-0.05, 0) is 61.7 Å². The quantitative estimate of drug-likeness (QED) is 0.298. The van der Waals surface area contributed by atoms with E-state index in [9.17, 15) is 23.2 Å². The number of carbonyl (C=O) groups excluding carboxylic acids is 1. The Morgan fingerprint density at radius 2 is 1.90 bits per heavy atom. The number of pyridine rings is 1. The van der Waals surface area contributed by atoms with Gasteiger partial charge in [-0.2, -0.15) is 0 Å². The van der Waals surface area contributed by atoms with Gasteiger partial charge in [0.25, 0.3) is 11.5 Å². The number of nitrogen functional groups attached to an aromatic ring is 1. The highest BCUT2D eigenvalue weighted by atomic mass is 32.2. The van der Waals surface area contributed by atoms with E-state index >= 15 is 0 Å². The van der Waals surface area contributed by atoms with Crippen LogP contribution in [0, 0.1) is 18.6 Å². The first-order chi connectivity index (χ1) is 19.6. The van der Waals surface area contributed by atoms with Crippen LogP contribution < -0.4 is 32.4 Å². The summed E-state index contributed by atoms with van der Waals surface area (Å²) in [5.74, 6) is -1.77. The molecule has 2 aromatic heterocycles. The number of rotatable bonds is 7. The van der Waals surface area contributed by atoms with Gasteiger partial charge in [0, 0.05) is 35.4 Å². The molecule has 0 spiro atoms. The highest BCUT2D eigenvalue weighted by Gasteiger charge is 2.21. The molecule has 0 saturated carbocycles. The van der Waals surface area contributed by atoms with Gasteiger partial charge in [0.15, 0.2) is 11.6 Å². The van der Waals surface area contributed by atoms with Crippen molar-refractivity contribution in [2.45, 2.75) is 25.8 Å². The zero-order valence-electron chi connectivity index (χ0n) is 21.9. The van der Waals surface area contributed by atoms with Crippen molar-refractivity contribution in [3.63, 3.8) is 0 Å². The normalized spacial score (nSPS) is 14.3. The number of halogens is 2. The molecular weight excluding hydrogens is 554 g/mol. The first kappa shape index (κ1) is 27.6. The van der Waals surface area contributed by atoms with E-state index in [-0.39, 0.29) is 40.4 Å². The van der Waals surface area contributed by atoms with Gasteiger partial charge in [0.2, 0.25) is 0 Å². The van der Waals surface area contributed by atoms with Gasteiger partial charge >= 0.3 is 5.69 Å². The first-order valence-corrected chi connectivity index (χ1v) is 13.3. The minimum absolute atomic E-state index is 0.0432. The molecule has 0 aliphatic carbocycles. The van der Waals surface area contributed by atoms with Crippen molar-refractivity contribution < 1.29 is 18.3 Å². The summed E-state index contributed by atoms with van der Waals surface area (Å²) >= 11 is 1.52. The van der Waals surface area contributed by atoms with E-state index in [1.54, 1.807) is 13.0 Å². The summed E-state index contributed by atoms with van der Waals surface area (Å²) in [6.07, 6.45) is 2.59. The average Bonchev–Trinajstić information content (AvgIpc) is 3.35.